The largest absolute Gasteiger partial charge is 0.456 e. The van der Waals surface area contributed by atoms with Crippen LogP contribution >= 0.6 is 11.3 Å². The molecule has 4 heterocycles. The number of anilines is 3. The highest BCUT2D eigenvalue weighted by molar-refractivity contribution is 7.28. The molecule has 2 aromatic heterocycles. The Kier molecular flexibility index (Phi) is 7.60. The molecule has 3 nitrogen and oxygen atoms in total. The van der Waals surface area contributed by atoms with Crippen molar-refractivity contribution >= 4 is 126 Å². The summed E-state index contributed by atoms with van der Waals surface area (Å²) < 4.78 is 16.4. The van der Waals surface area contributed by atoms with E-state index in [2.05, 4.69) is 201 Å². The minimum atomic E-state index is 0.0494. The van der Waals surface area contributed by atoms with Crippen molar-refractivity contribution in [2.45, 2.75) is 13.8 Å². The summed E-state index contributed by atoms with van der Waals surface area (Å²) in [7, 11) is 0. The average molecular weight is 872 g/mol. The van der Waals surface area contributed by atoms with Crippen LogP contribution in [0.3, 0.4) is 0 Å². The summed E-state index contributed by atoms with van der Waals surface area (Å²) >= 11 is 1.93. The standard InChI is InChI=1S/C62H38BNO2S/c1-35-30-36(2)60-50(31-35)44-19-10-18-42-47-33-49-40-29-28-38(64(37-14-4-3-5-15-37)53-24-12-21-45-39-16-6-8-25-54(39)66-61(45)53)32-56(40)65-55-26-13-20-43(59(49)55)48(47)34-52(58(42)44)63(60)51-23-11-22-46-41-17-7-9-27-57(41)67-62(46)51/h3-34H,1-2H3. The van der Waals surface area contributed by atoms with Crippen LogP contribution in [0.5, 0.6) is 11.5 Å². The van der Waals surface area contributed by atoms with Crippen LogP contribution in [0.15, 0.2) is 199 Å². The van der Waals surface area contributed by atoms with Gasteiger partial charge in [0.1, 0.15) is 17.1 Å². The number of nitrogens with zero attached hydrogens (tertiary/aromatic N) is 1. The third-order valence-corrected chi connectivity index (χ3v) is 15.9. The van der Waals surface area contributed by atoms with Gasteiger partial charge in [-0.1, -0.05) is 161 Å². The molecule has 0 fully saturated rings. The molecule has 13 aromatic rings. The number of hydrogen-bond acceptors (Lipinski definition) is 4. The molecule has 0 spiro atoms. The lowest BCUT2D eigenvalue weighted by molar-refractivity contribution is 0.487. The second kappa shape index (κ2) is 13.7. The number of furan rings is 1. The summed E-state index contributed by atoms with van der Waals surface area (Å²) in [5.74, 6) is 1.70. The van der Waals surface area contributed by atoms with Crippen molar-refractivity contribution < 1.29 is 9.15 Å². The van der Waals surface area contributed by atoms with Gasteiger partial charge in [-0.25, -0.2) is 0 Å². The summed E-state index contributed by atoms with van der Waals surface area (Å²) in [6.45, 7) is 4.60. The normalized spacial score (nSPS) is 12.7. The molecule has 0 atom stereocenters. The number of benzene rings is 11. The van der Waals surface area contributed by atoms with Gasteiger partial charge in [-0.2, -0.15) is 0 Å². The van der Waals surface area contributed by atoms with Crippen LogP contribution < -0.4 is 26.0 Å². The van der Waals surface area contributed by atoms with Gasteiger partial charge >= 0.3 is 0 Å². The van der Waals surface area contributed by atoms with E-state index in [0.29, 0.717) is 0 Å². The van der Waals surface area contributed by atoms with Gasteiger partial charge < -0.3 is 14.1 Å². The van der Waals surface area contributed by atoms with Gasteiger partial charge in [-0.15, -0.1) is 11.3 Å². The van der Waals surface area contributed by atoms with E-state index in [9.17, 15) is 0 Å². The molecule has 67 heavy (non-hydrogen) atoms. The van der Waals surface area contributed by atoms with Crippen LogP contribution in [0.25, 0.3) is 96.7 Å². The number of thiophene rings is 1. The Morgan fingerprint density at radius 2 is 1.18 bits per heavy atom. The van der Waals surface area contributed by atoms with Crippen molar-refractivity contribution in [1.29, 1.82) is 0 Å². The van der Waals surface area contributed by atoms with Crippen LogP contribution in [0.1, 0.15) is 11.1 Å². The number of hydrogen-bond donors (Lipinski definition) is 0. The highest BCUT2D eigenvalue weighted by atomic mass is 32.1. The Balaban J connectivity index is 0.971. The monoisotopic (exact) mass is 871 g/mol. The Morgan fingerprint density at radius 1 is 0.448 bits per heavy atom. The van der Waals surface area contributed by atoms with Gasteiger partial charge in [0.15, 0.2) is 5.58 Å². The molecular weight excluding hydrogens is 834 g/mol. The zero-order chi connectivity index (χ0) is 44.1. The van der Waals surface area contributed by atoms with Crippen LogP contribution in [-0.2, 0) is 0 Å². The van der Waals surface area contributed by atoms with Crippen LogP contribution in [0.2, 0.25) is 0 Å². The number of ether oxygens (including phenoxy) is 1. The third kappa shape index (κ3) is 5.18. The van der Waals surface area contributed by atoms with Crippen molar-refractivity contribution in [1.82, 2.24) is 0 Å². The second-order valence-electron chi connectivity index (χ2n) is 18.4. The van der Waals surface area contributed by atoms with Crippen LogP contribution in [0, 0.1) is 13.8 Å². The molecule has 5 heteroatoms. The topological polar surface area (TPSA) is 25.6 Å². The van der Waals surface area contributed by atoms with E-state index in [1.807, 2.05) is 23.5 Å². The number of fused-ring (bicyclic) bond motifs is 13. The smallest absolute Gasteiger partial charge is 0.245 e. The summed E-state index contributed by atoms with van der Waals surface area (Å²) in [6, 6.07) is 71.2. The van der Waals surface area contributed by atoms with Gasteiger partial charge in [0.05, 0.1) is 11.4 Å². The molecule has 15 rings (SSSR count). The van der Waals surface area contributed by atoms with E-state index in [4.69, 9.17) is 9.15 Å². The molecule has 11 aromatic carbocycles. The van der Waals surface area contributed by atoms with E-state index in [0.717, 1.165) is 61.4 Å². The number of rotatable bonds is 4. The molecular formula is C62H38BNO2S. The first-order chi connectivity index (χ1) is 33.1. The molecule has 0 N–H and O–H groups in total. The van der Waals surface area contributed by atoms with Crippen molar-refractivity contribution in [2.75, 3.05) is 4.90 Å². The highest BCUT2D eigenvalue weighted by Crippen LogP contribution is 2.52. The van der Waals surface area contributed by atoms with E-state index in [-0.39, 0.29) is 6.71 Å². The van der Waals surface area contributed by atoms with E-state index < -0.39 is 0 Å². The first kappa shape index (κ1) is 37.1. The Bertz CT molecular complexity index is 4300. The zero-order valence-electron chi connectivity index (χ0n) is 36.7. The van der Waals surface area contributed by atoms with E-state index >= 15 is 0 Å². The molecule has 312 valence electrons. The first-order valence-electron chi connectivity index (χ1n) is 23.1. The quantitative estimate of drug-likeness (QED) is 0.130. The molecule has 0 amide bonds. The predicted molar refractivity (Wildman–Crippen MR) is 285 cm³/mol. The van der Waals surface area contributed by atoms with Crippen molar-refractivity contribution in [2.24, 2.45) is 0 Å². The highest BCUT2D eigenvalue weighted by Gasteiger charge is 2.36. The Labute approximate surface area is 390 Å². The van der Waals surface area contributed by atoms with Crippen molar-refractivity contribution in [3.8, 4) is 33.8 Å². The maximum Gasteiger partial charge on any atom is 0.245 e. The zero-order valence-corrected chi connectivity index (χ0v) is 37.5. The molecule has 0 saturated heterocycles. The van der Waals surface area contributed by atoms with Gasteiger partial charge in [0.2, 0.25) is 6.71 Å². The minimum Gasteiger partial charge on any atom is -0.456 e. The van der Waals surface area contributed by atoms with Gasteiger partial charge in [0.25, 0.3) is 0 Å². The second-order valence-corrected chi connectivity index (χ2v) is 19.4. The average Bonchev–Trinajstić information content (AvgIpc) is 3.94. The molecule has 0 bridgehead atoms. The Hall–Kier alpha value is -8.12. The lowest BCUT2D eigenvalue weighted by Crippen LogP contribution is -2.55. The lowest BCUT2D eigenvalue weighted by Gasteiger charge is -2.31. The van der Waals surface area contributed by atoms with Gasteiger partial charge in [0, 0.05) is 48.3 Å². The Morgan fingerprint density at radius 3 is 2.09 bits per heavy atom. The first-order valence-corrected chi connectivity index (χ1v) is 23.9. The molecule has 0 radical (unpaired) electrons. The maximum atomic E-state index is 7.06. The van der Waals surface area contributed by atoms with Crippen molar-refractivity contribution in [3.63, 3.8) is 0 Å². The number of aryl methyl sites for hydroxylation is 2. The summed E-state index contributed by atoms with van der Waals surface area (Å²) in [5.41, 5.74) is 16.4. The molecule has 0 aliphatic carbocycles. The van der Waals surface area contributed by atoms with E-state index in [1.165, 1.54) is 91.3 Å². The third-order valence-electron chi connectivity index (χ3n) is 14.6. The fourth-order valence-electron chi connectivity index (χ4n) is 12.0. The predicted octanol–water partition coefficient (Wildman–Crippen LogP) is 15.8. The molecule has 2 aliphatic rings. The maximum absolute atomic E-state index is 7.06. The SMILES string of the molecule is Cc1cc(C)c2c(c1)-c1cccc3c1c(cc1c4cccc5c4c(cc31)-c1ccc(N(c3ccccc3)c3cccc4c3oc3ccccc34)cc1O5)B2c1cccc2c1sc1ccccc12. The van der Waals surface area contributed by atoms with Crippen LogP contribution in [-0.4, -0.2) is 6.71 Å². The lowest BCUT2D eigenvalue weighted by atomic mass is 9.33. The molecule has 0 unspecified atom stereocenters. The van der Waals surface area contributed by atoms with E-state index in [1.54, 1.807) is 0 Å². The minimum absolute atomic E-state index is 0.0494. The molecule has 0 saturated carbocycles. The molecule has 2 aliphatic heterocycles. The van der Waals surface area contributed by atoms with Gasteiger partial charge in [-0.05, 0) is 117 Å². The van der Waals surface area contributed by atoms with Crippen LogP contribution in [0.4, 0.5) is 17.1 Å². The van der Waals surface area contributed by atoms with Gasteiger partial charge in [-0.3, -0.25) is 0 Å². The summed E-state index contributed by atoms with van der Waals surface area (Å²) in [4.78, 5) is 2.29. The summed E-state index contributed by atoms with van der Waals surface area (Å²) in [6.07, 6.45) is 0. The fraction of sp³-hybridized carbons (Fsp3) is 0.0323. The van der Waals surface area contributed by atoms with Crippen molar-refractivity contribution in [3.05, 3.63) is 205 Å². The number of para-hydroxylation sites is 3. The fourth-order valence-corrected chi connectivity index (χ4v) is 13.2. The summed E-state index contributed by atoms with van der Waals surface area (Å²) in [5, 5.41) is 12.3.